The largest absolute Gasteiger partial charge is 0.399 e. The van der Waals surface area contributed by atoms with E-state index < -0.39 is 11.6 Å². The van der Waals surface area contributed by atoms with Crippen LogP contribution in [-0.2, 0) is 23.8 Å². The summed E-state index contributed by atoms with van der Waals surface area (Å²) in [6.45, 7) is 7.26. The highest BCUT2D eigenvalue weighted by Crippen LogP contribution is 2.72. The van der Waals surface area contributed by atoms with Gasteiger partial charge < -0.3 is 23.8 Å². The summed E-state index contributed by atoms with van der Waals surface area (Å²) in [6.07, 6.45) is 9.47. The minimum absolute atomic E-state index is 0.106. The first-order valence-corrected chi connectivity index (χ1v) is 12.2. The first-order chi connectivity index (χ1) is 14.5. The number of hydrogen-bond donors (Lipinski definition) is 0. The van der Waals surface area contributed by atoms with Gasteiger partial charge in [-0.2, -0.15) is 0 Å². The van der Waals surface area contributed by atoms with E-state index in [4.69, 9.17) is 23.8 Å². The zero-order valence-corrected chi connectivity index (χ0v) is 18.8. The SMILES string of the molecule is CO/N=C1/C[C@@H]2[C@H](CC[C@@]3(C)[C@H]2CC24OCCOC23OCCO4)[C@@]2(C)CCCCC12. The number of nitrogens with zero attached hydrogens (tertiary/aromatic N) is 1. The van der Waals surface area contributed by atoms with Gasteiger partial charge in [0.15, 0.2) is 0 Å². The van der Waals surface area contributed by atoms with Gasteiger partial charge in [-0.05, 0) is 55.3 Å². The lowest BCUT2D eigenvalue weighted by Crippen LogP contribution is -2.70. The predicted molar refractivity (Wildman–Crippen MR) is 111 cm³/mol. The molecule has 168 valence electrons. The van der Waals surface area contributed by atoms with Crippen molar-refractivity contribution >= 4 is 5.71 Å². The van der Waals surface area contributed by atoms with Gasteiger partial charge in [0.2, 0.25) is 11.6 Å². The fourth-order valence-electron chi connectivity index (χ4n) is 9.03. The lowest BCUT2D eigenvalue weighted by molar-refractivity contribution is -0.474. The zero-order valence-electron chi connectivity index (χ0n) is 18.8. The van der Waals surface area contributed by atoms with E-state index in [0.717, 1.165) is 19.3 Å². The minimum Gasteiger partial charge on any atom is -0.399 e. The second-order valence-corrected chi connectivity index (χ2v) is 11.1. The molecule has 6 heteroatoms. The molecule has 1 unspecified atom stereocenters. The van der Waals surface area contributed by atoms with Crippen LogP contribution in [0.4, 0.5) is 0 Å². The number of hydrogen-bond acceptors (Lipinski definition) is 6. The van der Waals surface area contributed by atoms with Gasteiger partial charge >= 0.3 is 0 Å². The van der Waals surface area contributed by atoms with E-state index in [1.165, 1.54) is 37.8 Å². The van der Waals surface area contributed by atoms with Gasteiger partial charge in [0, 0.05) is 17.8 Å². The maximum Gasteiger partial charge on any atom is 0.229 e. The van der Waals surface area contributed by atoms with Crippen molar-refractivity contribution in [1.29, 1.82) is 0 Å². The predicted octanol–water partition coefficient (Wildman–Crippen LogP) is 4.13. The molecule has 0 radical (unpaired) electrons. The molecule has 2 aliphatic heterocycles. The van der Waals surface area contributed by atoms with Crippen LogP contribution in [-0.4, -0.2) is 50.8 Å². The van der Waals surface area contributed by atoms with Gasteiger partial charge in [0.05, 0.1) is 32.1 Å². The molecular formula is C24H37NO5. The van der Waals surface area contributed by atoms with Gasteiger partial charge in [-0.1, -0.05) is 31.8 Å². The Morgan fingerprint density at radius 1 is 0.900 bits per heavy atom. The van der Waals surface area contributed by atoms with Crippen molar-refractivity contribution in [1.82, 2.24) is 0 Å². The molecule has 0 aromatic carbocycles. The standard InChI is InChI=1S/C24H37NO5/c1-21-8-5-4-6-18(21)20(25-26-3)14-16-17(21)7-9-22(2)19(16)15-23-24(22,29-12-10-27-23)30-13-11-28-23/h16-19H,4-15H2,1-3H3/b25-20-/t16-,17+,18?,19+,21-,22+,23?,24?/m1/s1. The van der Waals surface area contributed by atoms with Crippen molar-refractivity contribution in [3.8, 4) is 0 Å². The highest BCUT2D eigenvalue weighted by Gasteiger charge is 2.79. The van der Waals surface area contributed by atoms with E-state index in [2.05, 4.69) is 19.0 Å². The molecule has 30 heavy (non-hydrogen) atoms. The molecule has 2 saturated heterocycles. The van der Waals surface area contributed by atoms with Crippen molar-refractivity contribution in [3.05, 3.63) is 0 Å². The quantitative estimate of drug-likeness (QED) is 0.598. The van der Waals surface area contributed by atoms with Crippen molar-refractivity contribution in [2.45, 2.75) is 76.8 Å². The third kappa shape index (κ3) is 2.27. The molecule has 6 nitrogen and oxygen atoms in total. The molecule has 6 atom stereocenters. The Hall–Kier alpha value is -0.690. The molecule has 6 fully saturated rings. The van der Waals surface area contributed by atoms with Gasteiger partial charge in [-0.15, -0.1) is 0 Å². The summed E-state index contributed by atoms with van der Waals surface area (Å²) in [5.41, 5.74) is 1.50. The normalized spacial score (nSPS) is 56.3. The van der Waals surface area contributed by atoms with Crippen molar-refractivity contribution in [2.24, 2.45) is 39.7 Å². The average Bonchev–Trinajstić information content (AvgIpc) is 3.00. The van der Waals surface area contributed by atoms with Gasteiger partial charge in [-0.3, -0.25) is 0 Å². The minimum atomic E-state index is -0.769. The van der Waals surface area contributed by atoms with Crippen LogP contribution in [0.25, 0.3) is 0 Å². The van der Waals surface area contributed by atoms with E-state index in [1.807, 2.05) is 0 Å². The fraction of sp³-hybridized carbons (Fsp3) is 0.958. The monoisotopic (exact) mass is 419 g/mol. The Morgan fingerprint density at radius 2 is 1.63 bits per heavy atom. The van der Waals surface area contributed by atoms with E-state index in [9.17, 15) is 0 Å². The van der Waals surface area contributed by atoms with Crippen LogP contribution in [0.5, 0.6) is 0 Å². The fourth-order valence-corrected chi connectivity index (χ4v) is 9.03. The Bertz CT molecular complexity index is 727. The second-order valence-electron chi connectivity index (χ2n) is 11.1. The molecule has 6 rings (SSSR count). The topological polar surface area (TPSA) is 58.5 Å². The number of rotatable bonds is 1. The maximum absolute atomic E-state index is 6.52. The van der Waals surface area contributed by atoms with Gasteiger partial charge in [-0.25, -0.2) is 0 Å². The Kier molecular flexibility index (Phi) is 4.43. The highest BCUT2D eigenvalue weighted by atomic mass is 16.8. The van der Waals surface area contributed by atoms with Crippen molar-refractivity contribution in [3.63, 3.8) is 0 Å². The smallest absolute Gasteiger partial charge is 0.229 e. The molecule has 4 aliphatic carbocycles. The van der Waals surface area contributed by atoms with Crippen LogP contribution < -0.4 is 0 Å². The summed E-state index contributed by atoms with van der Waals surface area (Å²) < 4.78 is 25.8. The third-order valence-corrected chi connectivity index (χ3v) is 10.2. The summed E-state index contributed by atoms with van der Waals surface area (Å²) in [5, 5.41) is 4.61. The third-order valence-electron chi connectivity index (χ3n) is 10.2. The average molecular weight is 420 g/mol. The van der Waals surface area contributed by atoms with Crippen LogP contribution in [0.1, 0.15) is 65.2 Å². The number of oxime groups is 1. The summed E-state index contributed by atoms with van der Waals surface area (Å²) in [5.74, 6) is 0.754. The first-order valence-electron chi connectivity index (χ1n) is 12.2. The molecule has 0 bridgehead atoms. The van der Waals surface area contributed by atoms with E-state index in [1.54, 1.807) is 7.11 Å². The van der Waals surface area contributed by atoms with E-state index in [-0.39, 0.29) is 5.41 Å². The van der Waals surface area contributed by atoms with Crippen LogP contribution in [0.3, 0.4) is 0 Å². The summed E-state index contributed by atoms with van der Waals surface area (Å²) in [7, 11) is 1.70. The second kappa shape index (κ2) is 6.66. The summed E-state index contributed by atoms with van der Waals surface area (Å²) >= 11 is 0. The molecule has 0 spiro atoms. The van der Waals surface area contributed by atoms with Gasteiger partial charge in [0.25, 0.3) is 0 Å². The Morgan fingerprint density at radius 3 is 2.37 bits per heavy atom. The first kappa shape index (κ1) is 20.0. The number of ether oxygens (including phenoxy) is 4. The lowest BCUT2D eigenvalue weighted by atomic mass is 9.44. The Labute approximate surface area is 180 Å². The van der Waals surface area contributed by atoms with Crippen molar-refractivity contribution < 1.29 is 23.8 Å². The summed E-state index contributed by atoms with van der Waals surface area (Å²) in [4.78, 5) is 5.37. The van der Waals surface area contributed by atoms with Crippen LogP contribution in [0.2, 0.25) is 0 Å². The van der Waals surface area contributed by atoms with E-state index in [0.29, 0.717) is 55.5 Å². The van der Waals surface area contributed by atoms with Crippen LogP contribution >= 0.6 is 0 Å². The van der Waals surface area contributed by atoms with Gasteiger partial charge in [0.1, 0.15) is 7.11 Å². The molecule has 0 amide bonds. The van der Waals surface area contributed by atoms with Crippen LogP contribution in [0, 0.1) is 34.5 Å². The van der Waals surface area contributed by atoms with Crippen LogP contribution in [0.15, 0.2) is 5.16 Å². The Balaban J connectivity index is 1.44. The molecule has 0 aromatic heterocycles. The molecular weight excluding hydrogens is 382 g/mol. The van der Waals surface area contributed by atoms with Crippen molar-refractivity contribution in [2.75, 3.05) is 33.5 Å². The highest BCUT2D eigenvalue weighted by molar-refractivity contribution is 5.88. The van der Waals surface area contributed by atoms with E-state index >= 15 is 0 Å². The molecule has 4 saturated carbocycles. The lowest BCUT2D eigenvalue weighted by Gasteiger charge is -2.62. The summed E-state index contributed by atoms with van der Waals surface area (Å²) in [6, 6.07) is 0. The maximum atomic E-state index is 6.52. The molecule has 2 heterocycles. The molecule has 6 aliphatic rings. The molecule has 0 N–H and O–H groups in total. The zero-order chi connectivity index (χ0) is 20.6. The number of fused-ring (bicyclic) bond motifs is 5. The molecule has 0 aromatic rings.